The number of fused-ring (bicyclic) bond motifs is 3. The first-order valence-electron chi connectivity index (χ1n) is 15.7. The lowest BCUT2D eigenvalue weighted by molar-refractivity contribution is -0.131. The first-order valence-corrected chi connectivity index (χ1v) is 16.4. The third-order valence-corrected chi connectivity index (χ3v) is 10.5. The van der Waals surface area contributed by atoms with Crippen molar-refractivity contribution in [2.45, 2.75) is 37.3 Å². The number of hydrogen-bond donors (Lipinski definition) is 0. The molecule has 3 aliphatic heterocycles. The molecule has 242 valence electrons. The summed E-state index contributed by atoms with van der Waals surface area (Å²) in [6.07, 6.45) is 4.36. The van der Waals surface area contributed by atoms with E-state index in [-0.39, 0.29) is 36.2 Å². The van der Waals surface area contributed by atoms with E-state index in [4.69, 9.17) is 44.5 Å². The van der Waals surface area contributed by atoms with Gasteiger partial charge in [0.05, 0.1) is 16.1 Å². The van der Waals surface area contributed by atoms with Crippen molar-refractivity contribution in [2.24, 2.45) is 0 Å². The van der Waals surface area contributed by atoms with E-state index in [9.17, 15) is 13.6 Å². The van der Waals surface area contributed by atoms with Crippen LogP contribution in [0, 0.1) is 12.4 Å². The van der Waals surface area contributed by atoms with Crippen LogP contribution in [0.2, 0.25) is 10.0 Å². The first-order chi connectivity index (χ1) is 22.7. The monoisotopic (exact) mass is 676 g/mol. The number of carbonyl (C=O) groups is 1. The summed E-state index contributed by atoms with van der Waals surface area (Å²) >= 11 is 13.5. The molecule has 3 saturated heterocycles. The van der Waals surface area contributed by atoms with Crippen molar-refractivity contribution in [1.29, 1.82) is 0 Å². The van der Waals surface area contributed by atoms with Crippen molar-refractivity contribution in [3.05, 3.63) is 82.2 Å². The third kappa shape index (κ3) is 5.64. The molecule has 0 radical (unpaired) electrons. The fourth-order valence-electron chi connectivity index (χ4n) is 7.55. The third-order valence-electron chi connectivity index (χ3n) is 9.83. The van der Waals surface area contributed by atoms with Gasteiger partial charge in [0.2, 0.25) is 6.54 Å². The average Bonchev–Trinajstić information content (AvgIpc) is 3.65. The van der Waals surface area contributed by atoms with Gasteiger partial charge in [-0.25, -0.2) is 15.4 Å². The van der Waals surface area contributed by atoms with Gasteiger partial charge in [-0.3, -0.25) is 9.69 Å². The van der Waals surface area contributed by atoms with Gasteiger partial charge in [0.15, 0.2) is 5.83 Å². The quantitative estimate of drug-likeness (QED) is 0.151. The van der Waals surface area contributed by atoms with Gasteiger partial charge in [0.1, 0.15) is 24.3 Å². The van der Waals surface area contributed by atoms with Crippen LogP contribution in [0.1, 0.15) is 25.7 Å². The number of amides is 1. The van der Waals surface area contributed by atoms with Crippen LogP contribution in [0.25, 0.3) is 37.6 Å². The molecule has 1 aromatic heterocycles. The molecule has 4 heterocycles. The number of anilines is 1. The zero-order valence-corrected chi connectivity index (χ0v) is 27.1. The van der Waals surface area contributed by atoms with E-state index < -0.39 is 23.6 Å². The number of halogens is 4. The molecule has 7 rings (SSSR count). The molecule has 12 heteroatoms. The average molecular weight is 678 g/mol. The van der Waals surface area contributed by atoms with E-state index in [0.29, 0.717) is 51.4 Å². The van der Waals surface area contributed by atoms with Gasteiger partial charge in [0.25, 0.3) is 5.91 Å². The highest BCUT2D eigenvalue weighted by atomic mass is 35.5. The maximum atomic E-state index is 14.6. The Balaban J connectivity index is 1.33. The van der Waals surface area contributed by atoms with Gasteiger partial charge >= 0.3 is 6.01 Å². The minimum Gasteiger partial charge on any atom is -0.461 e. The summed E-state index contributed by atoms with van der Waals surface area (Å²) in [6.45, 7) is 13.9. The van der Waals surface area contributed by atoms with E-state index in [0.717, 1.165) is 44.2 Å². The van der Waals surface area contributed by atoms with Crippen LogP contribution >= 0.6 is 23.2 Å². The van der Waals surface area contributed by atoms with Crippen molar-refractivity contribution in [2.75, 3.05) is 50.8 Å². The summed E-state index contributed by atoms with van der Waals surface area (Å²) in [5, 5.41) is 2.34. The summed E-state index contributed by atoms with van der Waals surface area (Å²) in [4.78, 5) is 31.7. The summed E-state index contributed by atoms with van der Waals surface area (Å²) in [7, 11) is 0. The lowest BCUT2D eigenvalue weighted by Gasteiger charge is -2.39. The fraction of sp³-hybridized carbons (Fsp3) is 0.371. The van der Waals surface area contributed by atoms with Gasteiger partial charge in [-0.05, 0) is 67.9 Å². The largest absolute Gasteiger partial charge is 0.461 e. The van der Waals surface area contributed by atoms with Crippen molar-refractivity contribution in [1.82, 2.24) is 19.8 Å². The SMILES string of the molecule is [C-]#[N+]C[C@H]1CN(c2nc(OCC34CCCN3CCC4)nc3cc(-c4cccc5ccc(F)c(Cl)c45)c(Cl)cc23)CCN1C(=O)C(=C)F. The number of piperazine rings is 1. The maximum Gasteiger partial charge on any atom is 0.319 e. The van der Waals surface area contributed by atoms with Crippen molar-refractivity contribution in [3.63, 3.8) is 0 Å². The Morgan fingerprint density at radius 3 is 2.62 bits per heavy atom. The molecule has 0 aliphatic carbocycles. The molecule has 3 aromatic carbocycles. The fourth-order valence-corrected chi connectivity index (χ4v) is 8.09. The molecule has 3 fully saturated rings. The molecule has 3 aliphatic rings. The van der Waals surface area contributed by atoms with E-state index >= 15 is 0 Å². The van der Waals surface area contributed by atoms with Crippen molar-refractivity contribution < 1.29 is 18.3 Å². The summed E-state index contributed by atoms with van der Waals surface area (Å²) in [6, 6.07) is 11.8. The second kappa shape index (κ2) is 12.5. The number of carbonyl (C=O) groups excluding carboxylic acids is 1. The molecule has 1 amide bonds. The second-order valence-corrected chi connectivity index (χ2v) is 13.3. The number of aromatic nitrogens is 2. The Labute approximate surface area is 281 Å². The van der Waals surface area contributed by atoms with Crippen LogP contribution in [0.3, 0.4) is 0 Å². The number of nitrogens with zero attached hydrogens (tertiary/aromatic N) is 6. The van der Waals surface area contributed by atoms with Gasteiger partial charge in [-0.15, -0.1) is 0 Å². The summed E-state index contributed by atoms with van der Waals surface area (Å²) in [5.74, 6) is -1.87. The molecular formula is C35H32Cl2F2N6O2. The molecule has 0 unspecified atom stereocenters. The molecule has 1 atom stereocenters. The predicted octanol–water partition coefficient (Wildman–Crippen LogP) is 7.32. The van der Waals surface area contributed by atoms with Crippen LogP contribution in [0.15, 0.2) is 54.9 Å². The topological polar surface area (TPSA) is 66.2 Å². The first kappa shape index (κ1) is 31.6. The zero-order chi connectivity index (χ0) is 32.9. The highest BCUT2D eigenvalue weighted by molar-refractivity contribution is 6.38. The normalized spacial score (nSPS) is 19.3. The van der Waals surface area contributed by atoms with Gasteiger partial charge < -0.3 is 19.4 Å². The van der Waals surface area contributed by atoms with Crippen LogP contribution < -0.4 is 9.64 Å². The van der Waals surface area contributed by atoms with Gasteiger partial charge in [-0.1, -0.05) is 54.0 Å². The van der Waals surface area contributed by atoms with E-state index in [1.807, 2.05) is 29.2 Å². The number of hydrogen-bond acceptors (Lipinski definition) is 6. The molecule has 0 bridgehead atoms. The minimum atomic E-state index is -1.06. The van der Waals surface area contributed by atoms with Crippen LogP contribution in [-0.2, 0) is 4.79 Å². The van der Waals surface area contributed by atoms with Crippen LogP contribution in [-0.4, -0.2) is 83.1 Å². The summed E-state index contributed by atoms with van der Waals surface area (Å²) < 4.78 is 34.9. The molecule has 0 N–H and O–H groups in total. The Bertz CT molecular complexity index is 1960. The Kier molecular flexibility index (Phi) is 8.41. The van der Waals surface area contributed by atoms with E-state index in [1.165, 1.54) is 11.0 Å². The Morgan fingerprint density at radius 2 is 1.87 bits per heavy atom. The Morgan fingerprint density at radius 1 is 1.09 bits per heavy atom. The molecule has 8 nitrogen and oxygen atoms in total. The molecule has 0 spiro atoms. The van der Waals surface area contributed by atoms with Crippen molar-refractivity contribution in [3.8, 4) is 17.1 Å². The standard InChI is InChI=1S/C35H32Cl2F2N6O2/c1-21(38)33(46)45-15-14-43(19-23(45)18-40-2)32-26-16-27(36)25(24-7-3-6-22-8-9-28(39)31(37)30(22)24)17-29(26)41-34(42-32)47-20-35-10-4-12-44(35)13-5-11-35/h3,6-9,16-17,23H,1,4-5,10-15,18-20H2/t23-/m0/s1. The minimum absolute atomic E-state index is 0.00725. The molecule has 0 saturated carbocycles. The number of rotatable bonds is 7. The zero-order valence-electron chi connectivity index (χ0n) is 25.6. The van der Waals surface area contributed by atoms with Gasteiger partial charge in [-0.2, -0.15) is 9.97 Å². The summed E-state index contributed by atoms with van der Waals surface area (Å²) in [5.41, 5.74) is 1.80. The van der Waals surface area contributed by atoms with E-state index in [1.54, 1.807) is 12.1 Å². The smallest absolute Gasteiger partial charge is 0.319 e. The van der Waals surface area contributed by atoms with Crippen LogP contribution in [0.4, 0.5) is 14.6 Å². The highest BCUT2D eigenvalue weighted by Crippen LogP contribution is 2.42. The molecule has 4 aromatic rings. The lowest BCUT2D eigenvalue weighted by atomic mass is 9.95. The van der Waals surface area contributed by atoms with Crippen molar-refractivity contribution >= 4 is 56.6 Å². The van der Waals surface area contributed by atoms with Gasteiger partial charge in [0, 0.05) is 41.0 Å². The molecular weight excluding hydrogens is 645 g/mol. The number of benzene rings is 3. The predicted molar refractivity (Wildman–Crippen MR) is 180 cm³/mol. The second-order valence-electron chi connectivity index (χ2n) is 12.5. The highest BCUT2D eigenvalue weighted by Gasteiger charge is 2.45. The number of ether oxygens (including phenoxy) is 1. The lowest BCUT2D eigenvalue weighted by Crippen LogP contribution is -2.56. The maximum absolute atomic E-state index is 14.6. The Hall–Kier alpha value is -4.04. The van der Waals surface area contributed by atoms with Crippen LogP contribution in [0.5, 0.6) is 6.01 Å². The van der Waals surface area contributed by atoms with E-state index in [2.05, 4.69) is 16.3 Å². The molecule has 47 heavy (non-hydrogen) atoms.